The Labute approximate surface area is 185 Å². The van der Waals surface area contributed by atoms with Crippen molar-refractivity contribution in [2.45, 2.75) is 128 Å². The molecule has 1 aromatic rings. The van der Waals surface area contributed by atoms with Crippen LogP contribution < -0.4 is 21.3 Å². The van der Waals surface area contributed by atoms with E-state index in [-0.39, 0.29) is 22.2 Å². The molecule has 30 heavy (non-hydrogen) atoms. The topological polar surface area (TPSA) is 48.1 Å². The van der Waals surface area contributed by atoms with Crippen LogP contribution in [0, 0.1) is 0 Å². The third-order valence-electron chi connectivity index (χ3n) is 6.59. The van der Waals surface area contributed by atoms with Gasteiger partial charge in [0.15, 0.2) is 0 Å². The van der Waals surface area contributed by atoms with Crippen molar-refractivity contribution < 1.29 is 0 Å². The second-order valence-corrected chi connectivity index (χ2v) is 12.6. The highest BCUT2D eigenvalue weighted by molar-refractivity contribution is 5.22. The monoisotopic (exact) mass is 414 g/mol. The molecular weight excluding hydrogens is 368 g/mol. The summed E-state index contributed by atoms with van der Waals surface area (Å²) in [5.74, 6) is 0. The third-order valence-corrected chi connectivity index (χ3v) is 6.59. The second-order valence-electron chi connectivity index (χ2n) is 12.6. The van der Waals surface area contributed by atoms with E-state index in [9.17, 15) is 0 Å². The van der Waals surface area contributed by atoms with E-state index >= 15 is 0 Å². The van der Waals surface area contributed by atoms with Crippen LogP contribution >= 0.6 is 0 Å². The molecule has 2 aliphatic heterocycles. The number of nitrogens with one attached hydrogen (secondary N) is 4. The van der Waals surface area contributed by atoms with Crippen LogP contribution in [0.2, 0.25) is 0 Å². The summed E-state index contributed by atoms with van der Waals surface area (Å²) < 4.78 is 0. The van der Waals surface area contributed by atoms with Crippen LogP contribution in [0.3, 0.4) is 0 Å². The van der Waals surface area contributed by atoms with Crippen LogP contribution in [-0.4, -0.2) is 34.2 Å². The van der Waals surface area contributed by atoms with Crippen LogP contribution in [0.15, 0.2) is 24.3 Å². The fourth-order valence-electron chi connectivity index (χ4n) is 6.23. The lowest BCUT2D eigenvalue weighted by Gasteiger charge is -2.47. The maximum Gasteiger partial charge on any atom is 0.0208 e. The highest BCUT2D eigenvalue weighted by Gasteiger charge is 2.38. The Morgan fingerprint density at radius 3 is 1.13 bits per heavy atom. The molecule has 1 aromatic carbocycles. The van der Waals surface area contributed by atoms with Gasteiger partial charge in [-0.25, -0.2) is 0 Å². The Bertz CT molecular complexity index is 609. The number of hydrogen-bond acceptors (Lipinski definition) is 4. The molecule has 0 aromatic heterocycles. The van der Waals surface area contributed by atoms with Crippen molar-refractivity contribution in [3.63, 3.8) is 0 Å². The number of piperidine rings is 2. The lowest BCUT2D eigenvalue weighted by molar-refractivity contribution is 0.145. The van der Waals surface area contributed by atoms with Crippen LogP contribution in [-0.2, 0) is 13.1 Å². The minimum Gasteiger partial charge on any atom is -0.310 e. The zero-order valence-corrected chi connectivity index (χ0v) is 20.7. The van der Waals surface area contributed by atoms with E-state index < -0.39 is 0 Å². The highest BCUT2D eigenvalue weighted by atomic mass is 15.1. The summed E-state index contributed by atoms with van der Waals surface area (Å²) in [6, 6.07) is 10.3. The van der Waals surface area contributed by atoms with Crippen molar-refractivity contribution in [3.05, 3.63) is 35.4 Å². The minimum atomic E-state index is 0.187. The molecule has 0 atom stereocenters. The SMILES string of the molecule is CC1(C)CC(NCc2ccc(CNC3CC(C)(C)NC(C)(C)C3)cc2)CC(C)(C)N1. The first-order valence-electron chi connectivity index (χ1n) is 11.9. The number of benzene rings is 1. The Kier molecular flexibility index (Phi) is 6.75. The van der Waals surface area contributed by atoms with Crippen molar-refractivity contribution in [2.75, 3.05) is 0 Å². The van der Waals surface area contributed by atoms with Crippen LogP contribution in [0.25, 0.3) is 0 Å². The first-order valence-corrected chi connectivity index (χ1v) is 11.9. The maximum atomic E-state index is 3.81. The predicted molar refractivity (Wildman–Crippen MR) is 129 cm³/mol. The molecule has 0 saturated carbocycles. The second kappa shape index (κ2) is 8.54. The van der Waals surface area contributed by atoms with Crippen molar-refractivity contribution in [1.82, 2.24) is 21.3 Å². The largest absolute Gasteiger partial charge is 0.310 e. The molecule has 0 amide bonds. The Morgan fingerprint density at radius 1 is 0.600 bits per heavy atom. The standard InChI is InChI=1S/C26H46N4/c1-23(2)13-21(14-24(3,4)29-23)27-17-19-9-11-20(12-10-19)18-28-22-15-25(5,6)30-26(7,8)16-22/h9-12,21-22,27-30H,13-18H2,1-8H3. The minimum absolute atomic E-state index is 0.187. The molecule has 0 aliphatic carbocycles. The van der Waals surface area contributed by atoms with E-state index in [2.05, 4.69) is 101 Å². The summed E-state index contributed by atoms with van der Waals surface area (Å²) in [5, 5.41) is 15.2. The molecule has 2 heterocycles. The van der Waals surface area contributed by atoms with E-state index in [0.29, 0.717) is 12.1 Å². The van der Waals surface area contributed by atoms with Gasteiger partial charge in [0, 0.05) is 47.3 Å². The van der Waals surface area contributed by atoms with Crippen LogP contribution in [0.5, 0.6) is 0 Å². The summed E-state index contributed by atoms with van der Waals surface area (Å²) in [4.78, 5) is 0. The van der Waals surface area contributed by atoms with Gasteiger partial charge in [-0.3, -0.25) is 0 Å². The van der Waals surface area contributed by atoms with Gasteiger partial charge >= 0.3 is 0 Å². The molecule has 3 rings (SSSR count). The van der Waals surface area contributed by atoms with E-state index in [0.717, 1.165) is 13.1 Å². The van der Waals surface area contributed by atoms with Gasteiger partial charge < -0.3 is 21.3 Å². The van der Waals surface area contributed by atoms with Crippen LogP contribution in [0.1, 0.15) is 92.2 Å². The molecule has 0 bridgehead atoms. The summed E-state index contributed by atoms with van der Waals surface area (Å²) in [6.45, 7) is 20.4. The molecule has 0 spiro atoms. The normalized spacial score (nSPS) is 25.9. The van der Waals surface area contributed by atoms with Gasteiger partial charge in [0.2, 0.25) is 0 Å². The van der Waals surface area contributed by atoms with Crippen molar-refractivity contribution >= 4 is 0 Å². The lowest BCUT2D eigenvalue weighted by Crippen LogP contribution is -2.61. The zero-order chi connectivity index (χ0) is 22.2. The molecular formula is C26H46N4. The molecule has 4 nitrogen and oxygen atoms in total. The van der Waals surface area contributed by atoms with E-state index in [1.165, 1.54) is 36.8 Å². The maximum absolute atomic E-state index is 3.81. The number of hydrogen-bond donors (Lipinski definition) is 4. The van der Waals surface area contributed by atoms with E-state index in [1.807, 2.05) is 0 Å². The fourth-order valence-corrected chi connectivity index (χ4v) is 6.23. The smallest absolute Gasteiger partial charge is 0.0208 e. The van der Waals surface area contributed by atoms with E-state index in [1.54, 1.807) is 0 Å². The first kappa shape index (κ1) is 23.7. The van der Waals surface area contributed by atoms with Crippen LogP contribution in [0.4, 0.5) is 0 Å². The molecule has 4 N–H and O–H groups in total. The summed E-state index contributed by atoms with van der Waals surface area (Å²) >= 11 is 0. The van der Waals surface area contributed by atoms with Gasteiger partial charge in [-0.1, -0.05) is 24.3 Å². The zero-order valence-electron chi connectivity index (χ0n) is 20.7. The van der Waals surface area contributed by atoms with Crippen molar-refractivity contribution in [2.24, 2.45) is 0 Å². The van der Waals surface area contributed by atoms with Gasteiger partial charge in [-0.2, -0.15) is 0 Å². The Morgan fingerprint density at radius 2 is 0.867 bits per heavy atom. The lowest BCUT2D eigenvalue weighted by atomic mass is 9.79. The van der Waals surface area contributed by atoms with Gasteiger partial charge in [0.1, 0.15) is 0 Å². The van der Waals surface area contributed by atoms with Gasteiger partial charge in [-0.05, 0) is 92.2 Å². The van der Waals surface area contributed by atoms with Gasteiger partial charge in [0.05, 0.1) is 0 Å². The quantitative estimate of drug-likeness (QED) is 0.554. The Hall–Kier alpha value is -0.940. The average molecular weight is 415 g/mol. The average Bonchev–Trinajstić information content (AvgIpc) is 2.53. The fraction of sp³-hybridized carbons (Fsp3) is 0.769. The summed E-state index contributed by atoms with van der Waals surface area (Å²) in [7, 11) is 0. The third kappa shape index (κ3) is 7.05. The predicted octanol–water partition coefficient (Wildman–Crippen LogP) is 4.48. The molecule has 2 saturated heterocycles. The molecule has 0 unspecified atom stereocenters. The Balaban J connectivity index is 1.48. The van der Waals surface area contributed by atoms with E-state index in [4.69, 9.17) is 0 Å². The first-order chi connectivity index (χ1) is 13.7. The summed E-state index contributed by atoms with van der Waals surface area (Å²) in [6.07, 6.45) is 4.67. The highest BCUT2D eigenvalue weighted by Crippen LogP contribution is 2.29. The summed E-state index contributed by atoms with van der Waals surface area (Å²) in [5.41, 5.74) is 3.49. The van der Waals surface area contributed by atoms with Crippen molar-refractivity contribution in [1.29, 1.82) is 0 Å². The molecule has 0 radical (unpaired) electrons. The number of rotatable bonds is 6. The van der Waals surface area contributed by atoms with Crippen molar-refractivity contribution in [3.8, 4) is 0 Å². The molecule has 170 valence electrons. The molecule has 2 aliphatic rings. The van der Waals surface area contributed by atoms with Gasteiger partial charge in [-0.15, -0.1) is 0 Å². The van der Waals surface area contributed by atoms with Gasteiger partial charge in [0.25, 0.3) is 0 Å². The molecule has 2 fully saturated rings. The molecule has 4 heteroatoms.